The Balaban J connectivity index is 1.76. The highest BCUT2D eigenvalue weighted by atomic mass is 15.2. The van der Waals surface area contributed by atoms with Crippen LogP contribution >= 0.6 is 0 Å². The van der Waals surface area contributed by atoms with Gasteiger partial charge in [0.25, 0.3) is 0 Å². The smallest absolute Gasteiger partial charge is 0.0190 e. The van der Waals surface area contributed by atoms with Crippen molar-refractivity contribution in [3.05, 3.63) is 11.3 Å². The summed E-state index contributed by atoms with van der Waals surface area (Å²) in [5.74, 6) is 1.76. The SMILES string of the molecule is CC(C)(C)N1CCC2C3=C(CCCC3)NCC2C1. The maximum atomic E-state index is 3.75. The molecule has 0 radical (unpaired) electrons. The molecule has 0 bridgehead atoms. The fourth-order valence-corrected chi connectivity index (χ4v) is 4.10. The van der Waals surface area contributed by atoms with Crippen molar-refractivity contribution in [2.45, 2.75) is 58.4 Å². The largest absolute Gasteiger partial charge is 0.388 e. The van der Waals surface area contributed by atoms with Gasteiger partial charge in [-0.2, -0.15) is 0 Å². The first-order valence-corrected chi connectivity index (χ1v) is 7.76. The van der Waals surface area contributed by atoms with E-state index in [4.69, 9.17) is 0 Å². The van der Waals surface area contributed by atoms with E-state index in [0.29, 0.717) is 5.54 Å². The average Bonchev–Trinajstić information content (AvgIpc) is 2.37. The molecular formula is C16H28N2. The molecule has 0 aromatic rings. The van der Waals surface area contributed by atoms with E-state index >= 15 is 0 Å². The highest BCUT2D eigenvalue weighted by molar-refractivity contribution is 5.23. The van der Waals surface area contributed by atoms with Gasteiger partial charge in [-0.1, -0.05) is 0 Å². The summed E-state index contributed by atoms with van der Waals surface area (Å²) in [6.45, 7) is 10.9. The Morgan fingerprint density at radius 2 is 1.94 bits per heavy atom. The molecule has 1 fully saturated rings. The molecular weight excluding hydrogens is 220 g/mol. The van der Waals surface area contributed by atoms with Gasteiger partial charge in [-0.3, -0.25) is 4.90 Å². The second-order valence-electron chi connectivity index (χ2n) is 7.36. The monoisotopic (exact) mass is 248 g/mol. The fourth-order valence-electron chi connectivity index (χ4n) is 4.10. The maximum absolute atomic E-state index is 3.75. The lowest BCUT2D eigenvalue weighted by atomic mass is 9.72. The molecule has 0 aromatic heterocycles. The topological polar surface area (TPSA) is 15.3 Å². The van der Waals surface area contributed by atoms with Gasteiger partial charge in [-0.25, -0.2) is 0 Å². The third-order valence-electron chi connectivity index (χ3n) is 5.22. The lowest BCUT2D eigenvalue weighted by Gasteiger charge is -2.48. The first-order chi connectivity index (χ1) is 8.55. The first kappa shape index (κ1) is 12.5. The molecule has 1 aliphatic carbocycles. The predicted octanol–water partition coefficient (Wildman–Crippen LogP) is 3.15. The third kappa shape index (κ3) is 2.20. The Labute approximate surface area is 112 Å². The number of piperidine rings is 1. The van der Waals surface area contributed by atoms with E-state index in [-0.39, 0.29) is 0 Å². The van der Waals surface area contributed by atoms with Crippen LogP contribution in [-0.4, -0.2) is 30.1 Å². The molecule has 2 aliphatic heterocycles. The number of nitrogens with one attached hydrogen (secondary N) is 1. The van der Waals surface area contributed by atoms with E-state index in [2.05, 4.69) is 31.0 Å². The van der Waals surface area contributed by atoms with E-state index in [1.165, 1.54) is 51.7 Å². The minimum Gasteiger partial charge on any atom is -0.388 e. The summed E-state index contributed by atoms with van der Waals surface area (Å²) in [4.78, 5) is 2.68. The number of fused-ring (bicyclic) bond motifs is 2. The van der Waals surface area contributed by atoms with Crippen LogP contribution in [0.15, 0.2) is 11.3 Å². The average molecular weight is 248 g/mol. The summed E-state index contributed by atoms with van der Waals surface area (Å²) < 4.78 is 0. The van der Waals surface area contributed by atoms with Crippen LogP contribution in [0.25, 0.3) is 0 Å². The quantitative estimate of drug-likeness (QED) is 0.708. The van der Waals surface area contributed by atoms with Gasteiger partial charge < -0.3 is 5.32 Å². The first-order valence-electron chi connectivity index (χ1n) is 7.76. The van der Waals surface area contributed by atoms with Crippen molar-refractivity contribution < 1.29 is 0 Å². The van der Waals surface area contributed by atoms with Crippen LogP contribution in [-0.2, 0) is 0 Å². The number of nitrogens with zero attached hydrogens (tertiary/aromatic N) is 1. The molecule has 0 saturated carbocycles. The fraction of sp³-hybridized carbons (Fsp3) is 0.875. The molecule has 1 N–H and O–H groups in total. The second kappa shape index (κ2) is 4.56. The van der Waals surface area contributed by atoms with Crippen molar-refractivity contribution in [2.24, 2.45) is 11.8 Å². The van der Waals surface area contributed by atoms with Crippen LogP contribution in [0.5, 0.6) is 0 Å². The third-order valence-corrected chi connectivity index (χ3v) is 5.22. The van der Waals surface area contributed by atoms with Crippen LogP contribution in [0.3, 0.4) is 0 Å². The van der Waals surface area contributed by atoms with Gasteiger partial charge in [0.15, 0.2) is 0 Å². The molecule has 2 heterocycles. The summed E-state index contributed by atoms with van der Waals surface area (Å²) in [5, 5.41) is 3.75. The highest BCUT2D eigenvalue weighted by Gasteiger charge is 2.38. The van der Waals surface area contributed by atoms with E-state index in [9.17, 15) is 0 Å². The molecule has 1 saturated heterocycles. The Morgan fingerprint density at radius 3 is 2.72 bits per heavy atom. The molecule has 0 amide bonds. The van der Waals surface area contributed by atoms with Gasteiger partial charge >= 0.3 is 0 Å². The lowest BCUT2D eigenvalue weighted by molar-refractivity contribution is 0.0511. The second-order valence-corrected chi connectivity index (χ2v) is 7.36. The van der Waals surface area contributed by atoms with Crippen LogP contribution < -0.4 is 5.32 Å². The van der Waals surface area contributed by atoms with Crippen LogP contribution in [0.4, 0.5) is 0 Å². The lowest BCUT2D eigenvalue weighted by Crippen LogP contribution is -2.53. The molecule has 18 heavy (non-hydrogen) atoms. The standard InChI is InChI=1S/C16H28N2/c1-16(2,3)18-9-8-13-12(11-18)10-17-15-7-5-4-6-14(13)15/h12-13,17H,4-11H2,1-3H3. The Morgan fingerprint density at radius 1 is 1.17 bits per heavy atom. The highest BCUT2D eigenvalue weighted by Crippen LogP contribution is 2.41. The number of hydrogen-bond acceptors (Lipinski definition) is 2. The molecule has 0 spiro atoms. The summed E-state index contributed by atoms with van der Waals surface area (Å²) in [5.41, 5.74) is 3.78. The molecule has 3 rings (SSSR count). The minimum atomic E-state index is 0.339. The maximum Gasteiger partial charge on any atom is 0.0190 e. The molecule has 3 aliphatic rings. The minimum absolute atomic E-state index is 0.339. The molecule has 102 valence electrons. The van der Waals surface area contributed by atoms with Gasteiger partial charge in [-0.15, -0.1) is 0 Å². The van der Waals surface area contributed by atoms with Gasteiger partial charge in [0.1, 0.15) is 0 Å². The zero-order valence-electron chi connectivity index (χ0n) is 12.3. The summed E-state index contributed by atoms with van der Waals surface area (Å²) in [7, 11) is 0. The summed E-state index contributed by atoms with van der Waals surface area (Å²) in [6, 6.07) is 0. The molecule has 2 nitrogen and oxygen atoms in total. The zero-order chi connectivity index (χ0) is 12.8. The molecule has 2 atom stereocenters. The predicted molar refractivity (Wildman–Crippen MR) is 76.4 cm³/mol. The van der Waals surface area contributed by atoms with Gasteiger partial charge in [0, 0.05) is 24.3 Å². The Kier molecular flexibility index (Phi) is 3.17. The van der Waals surface area contributed by atoms with Crippen molar-refractivity contribution in [3.8, 4) is 0 Å². The van der Waals surface area contributed by atoms with Crippen LogP contribution in [0, 0.1) is 11.8 Å². The van der Waals surface area contributed by atoms with E-state index in [0.717, 1.165) is 11.8 Å². The molecule has 2 heteroatoms. The van der Waals surface area contributed by atoms with Crippen molar-refractivity contribution in [1.82, 2.24) is 10.2 Å². The van der Waals surface area contributed by atoms with Crippen molar-refractivity contribution >= 4 is 0 Å². The molecule has 0 aromatic carbocycles. The Bertz CT molecular complexity index is 351. The van der Waals surface area contributed by atoms with Crippen LogP contribution in [0.1, 0.15) is 52.9 Å². The van der Waals surface area contributed by atoms with Gasteiger partial charge in [0.2, 0.25) is 0 Å². The van der Waals surface area contributed by atoms with Crippen LogP contribution in [0.2, 0.25) is 0 Å². The number of rotatable bonds is 0. The van der Waals surface area contributed by atoms with Gasteiger partial charge in [-0.05, 0) is 76.8 Å². The van der Waals surface area contributed by atoms with Crippen molar-refractivity contribution in [2.75, 3.05) is 19.6 Å². The van der Waals surface area contributed by atoms with E-state index < -0.39 is 0 Å². The van der Waals surface area contributed by atoms with E-state index in [1.54, 1.807) is 5.70 Å². The summed E-state index contributed by atoms with van der Waals surface area (Å²) in [6.07, 6.45) is 6.91. The Hall–Kier alpha value is -0.500. The molecule has 2 unspecified atom stereocenters. The number of hydrogen-bond donors (Lipinski definition) is 1. The van der Waals surface area contributed by atoms with Crippen molar-refractivity contribution in [3.63, 3.8) is 0 Å². The number of likely N-dealkylation sites (tertiary alicyclic amines) is 1. The van der Waals surface area contributed by atoms with E-state index in [1.807, 2.05) is 5.57 Å². The number of allylic oxidation sites excluding steroid dienone is 2. The normalized spacial score (nSPS) is 33.7. The summed E-state index contributed by atoms with van der Waals surface area (Å²) >= 11 is 0. The van der Waals surface area contributed by atoms with Crippen molar-refractivity contribution in [1.29, 1.82) is 0 Å². The van der Waals surface area contributed by atoms with Gasteiger partial charge in [0.05, 0.1) is 0 Å². The zero-order valence-corrected chi connectivity index (χ0v) is 12.3.